The topological polar surface area (TPSA) is 0 Å². The second-order valence-electron chi connectivity index (χ2n) is 2.65. The molecule has 0 amide bonds. The van der Waals surface area contributed by atoms with Crippen molar-refractivity contribution in [2.75, 3.05) is 5.88 Å². The van der Waals surface area contributed by atoms with Crippen LogP contribution < -0.4 is 0 Å². The number of hydrogen-bond donors (Lipinski definition) is 0. The van der Waals surface area contributed by atoms with Crippen LogP contribution in [0, 0.1) is 0 Å². The molecule has 0 aliphatic rings. The number of alkyl halides is 1. The van der Waals surface area contributed by atoms with Gasteiger partial charge < -0.3 is 0 Å². The normalized spacial score (nSPS) is 19.3. The van der Waals surface area contributed by atoms with Crippen molar-refractivity contribution in [3.05, 3.63) is 0 Å². The highest BCUT2D eigenvalue weighted by atomic mass is 35.5. The molecule has 44 valence electrons. The molecule has 0 spiro atoms. The average molecular weight is 137 g/mol. The summed E-state index contributed by atoms with van der Waals surface area (Å²) in [5.74, 6) is 0.829. The van der Waals surface area contributed by atoms with E-state index in [9.17, 15) is 0 Å². The van der Waals surface area contributed by atoms with Gasteiger partial charge in [-0.25, -0.2) is 0 Å². The van der Waals surface area contributed by atoms with Gasteiger partial charge in [0, 0.05) is 16.1 Å². The zero-order valence-corrected chi connectivity index (χ0v) is 8.05. The molecule has 0 aromatic heterocycles. The fourth-order valence-corrected chi connectivity index (χ4v) is 0.283. The van der Waals surface area contributed by atoms with E-state index in [-0.39, 0.29) is 0 Å². The van der Waals surface area contributed by atoms with E-state index >= 15 is 0 Å². The quantitative estimate of drug-likeness (QED) is 0.395. The van der Waals surface area contributed by atoms with E-state index < -0.39 is 0 Å². The fraction of sp³-hybridized carbons (Fsp3) is 1.00. The second-order valence-corrected chi connectivity index (χ2v) is 5.33. The lowest BCUT2D eigenvalue weighted by Crippen LogP contribution is -2.06. The first-order chi connectivity index (χ1) is 3.12. The lowest BCUT2D eigenvalue weighted by Gasteiger charge is -2.17. The zero-order chi connectivity index (χ0) is 5.91. The van der Waals surface area contributed by atoms with Gasteiger partial charge in [-0.15, -0.1) is 11.6 Å². The van der Waals surface area contributed by atoms with E-state index in [0.29, 0.717) is 5.04 Å². The van der Waals surface area contributed by atoms with Gasteiger partial charge in [-0.3, -0.25) is 0 Å². The first kappa shape index (κ1) is 7.51. The van der Waals surface area contributed by atoms with Gasteiger partial charge in [-0.1, -0.05) is 20.3 Å². The molecule has 0 aromatic carbocycles. The highest BCUT2D eigenvalue weighted by molar-refractivity contribution is 6.25. The molecule has 2 heteroatoms. The monoisotopic (exact) mass is 136 g/mol. The van der Waals surface area contributed by atoms with Gasteiger partial charge in [0.05, 0.1) is 0 Å². The average Bonchev–Trinajstić information content (AvgIpc) is 1.68. The highest BCUT2D eigenvalue weighted by Crippen LogP contribution is 2.25. The number of halogens is 1. The molecule has 0 saturated heterocycles. The van der Waals surface area contributed by atoms with Crippen molar-refractivity contribution in [1.82, 2.24) is 0 Å². The molecule has 0 aliphatic carbocycles. The summed E-state index contributed by atoms with van der Waals surface area (Å²) >= 11 is 5.63. The van der Waals surface area contributed by atoms with E-state index in [2.05, 4.69) is 13.8 Å². The molecule has 0 aliphatic heterocycles. The predicted octanol–water partition coefficient (Wildman–Crippen LogP) is 1.18. The van der Waals surface area contributed by atoms with Crippen molar-refractivity contribution in [1.29, 1.82) is 0 Å². The molecule has 0 unspecified atom stereocenters. The summed E-state index contributed by atoms with van der Waals surface area (Å²) < 4.78 is 0. The Morgan fingerprint density at radius 2 is 2.14 bits per heavy atom. The minimum Gasteiger partial charge on any atom is -0.126 e. The lowest BCUT2D eigenvalue weighted by atomic mass is 10.1. The fourth-order valence-electron chi connectivity index (χ4n) is 0.0945. The molecule has 0 saturated carbocycles. The molecule has 0 aromatic rings. The van der Waals surface area contributed by atoms with Crippen molar-refractivity contribution in [2.24, 2.45) is 0 Å². The van der Waals surface area contributed by atoms with Gasteiger partial charge in [-0.2, -0.15) is 0 Å². The molecular weight excluding hydrogens is 124 g/mol. The Kier molecular flexibility index (Phi) is 2.92. The molecular formula is C5H13ClSi. The Labute approximate surface area is 53.7 Å². The molecule has 0 N–H and O–H groups in total. The van der Waals surface area contributed by atoms with Crippen LogP contribution in [0.25, 0.3) is 0 Å². The van der Waals surface area contributed by atoms with Crippen LogP contribution in [0.4, 0.5) is 0 Å². The Bertz CT molecular complexity index is 46.0. The summed E-state index contributed by atoms with van der Waals surface area (Å²) in [7, 11) is 1.22. The Balaban J connectivity index is 3.36. The summed E-state index contributed by atoms with van der Waals surface area (Å²) in [6.07, 6.45) is 1.22. The van der Waals surface area contributed by atoms with Gasteiger partial charge in [0.25, 0.3) is 0 Å². The summed E-state index contributed by atoms with van der Waals surface area (Å²) in [6, 6.07) is 0. The minimum atomic E-state index is 0.488. The second kappa shape index (κ2) is 2.73. The smallest absolute Gasteiger partial charge is 0.0244 e. The molecule has 0 fully saturated rings. The van der Waals surface area contributed by atoms with Crippen molar-refractivity contribution >= 4 is 21.8 Å². The van der Waals surface area contributed by atoms with E-state index in [1.54, 1.807) is 0 Å². The molecule has 1 atom stereocenters. The molecule has 7 heavy (non-hydrogen) atoms. The lowest BCUT2D eigenvalue weighted by molar-refractivity contribution is 0.661. The van der Waals surface area contributed by atoms with Crippen LogP contribution in [0.15, 0.2) is 0 Å². The van der Waals surface area contributed by atoms with Crippen LogP contribution >= 0.6 is 11.6 Å². The third-order valence-corrected chi connectivity index (χ3v) is 3.55. The van der Waals surface area contributed by atoms with Gasteiger partial charge in [0.15, 0.2) is 0 Å². The van der Waals surface area contributed by atoms with Crippen LogP contribution in [0.5, 0.6) is 0 Å². The van der Waals surface area contributed by atoms with E-state index in [4.69, 9.17) is 11.6 Å². The first-order valence-electron chi connectivity index (χ1n) is 2.68. The Morgan fingerprint density at radius 3 is 2.14 bits per heavy atom. The van der Waals surface area contributed by atoms with Gasteiger partial charge in [0.2, 0.25) is 0 Å². The van der Waals surface area contributed by atoms with Crippen LogP contribution in [0.1, 0.15) is 20.3 Å². The van der Waals surface area contributed by atoms with Crippen LogP contribution in [-0.4, -0.2) is 16.1 Å². The third-order valence-electron chi connectivity index (χ3n) is 1.32. The van der Waals surface area contributed by atoms with Gasteiger partial charge in [-0.05, 0) is 5.04 Å². The minimum absolute atomic E-state index is 0.488. The maximum absolute atomic E-state index is 5.63. The summed E-state index contributed by atoms with van der Waals surface area (Å²) in [5.41, 5.74) is 0. The van der Waals surface area contributed by atoms with Crippen LogP contribution in [-0.2, 0) is 0 Å². The maximum atomic E-state index is 5.63. The Hall–Kier alpha value is 0.507. The molecule has 0 nitrogen and oxygen atoms in total. The standard InChI is InChI=1S/C5H13ClSi/c1-3-5(2,7)4-6/h3-4H2,1-2,7H3/t5-/m0/s1. The van der Waals surface area contributed by atoms with E-state index in [1.165, 1.54) is 16.7 Å². The summed E-state index contributed by atoms with van der Waals surface area (Å²) in [6.45, 7) is 4.42. The van der Waals surface area contributed by atoms with Gasteiger partial charge in [0.1, 0.15) is 0 Å². The van der Waals surface area contributed by atoms with Crippen molar-refractivity contribution < 1.29 is 0 Å². The van der Waals surface area contributed by atoms with Crippen LogP contribution in [0.2, 0.25) is 5.04 Å². The van der Waals surface area contributed by atoms with Crippen molar-refractivity contribution in [3.63, 3.8) is 0 Å². The van der Waals surface area contributed by atoms with Crippen molar-refractivity contribution in [3.8, 4) is 0 Å². The Morgan fingerprint density at radius 1 is 1.71 bits per heavy atom. The number of hydrogen-bond acceptors (Lipinski definition) is 0. The van der Waals surface area contributed by atoms with Crippen LogP contribution in [0.3, 0.4) is 0 Å². The SMILES string of the molecule is CC[C@](C)([SiH3])CCl. The van der Waals surface area contributed by atoms with E-state index in [0.717, 1.165) is 5.88 Å². The van der Waals surface area contributed by atoms with E-state index in [1.807, 2.05) is 0 Å². The zero-order valence-electron chi connectivity index (χ0n) is 5.29. The largest absolute Gasteiger partial charge is 0.126 e. The van der Waals surface area contributed by atoms with Gasteiger partial charge >= 0.3 is 0 Å². The summed E-state index contributed by atoms with van der Waals surface area (Å²) in [5, 5.41) is 0.488. The number of rotatable bonds is 2. The predicted molar refractivity (Wildman–Crippen MR) is 39.3 cm³/mol. The van der Waals surface area contributed by atoms with Crippen molar-refractivity contribution in [2.45, 2.75) is 25.3 Å². The first-order valence-corrected chi connectivity index (χ1v) is 4.22. The summed E-state index contributed by atoms with van der Waals surface area (Å²) in [4.78, 5) is 0. The molecule has 0 rings (SSSR count). The third kappa shape index (κ3) is 3.12. The molecule has 0 heterocycles. The highest BCUT2D eigenvalue weighted by Gasteiger charge is 2.11. The molecule has 0 radical (unpaired) electrons. The molecule has 0 bridgehead atoms. The maximum Gasteiger partial charge on any atom is 0.0244 e.